The number of hydrogen-bond donors (Lipinski definition) is 1. The van der Waals surface area contributed by atoms with Gasteiger partial charge in [0.1, 0.15) is 0 Å². The van der Waals surface area contributed by atoms with Crippen LogP contribution < -0.4 is 5.32 Å². The second-order valence-electron chi connectivity index (χ2n) is 5.77. The van der Waals surface area contributed by atoms with Gasteiger partial charge >= 0.3 is 0 Å². The van der Waals surface area contributed by atoms with Gasteiger partial charge < -0.3 is 14.8 Å². The van der Waals surface area contributed by atoms with Gasteiger partial charge in [0.25, 0.3) is 0 Å². The van der Waals surface area contributed by atoms with E-state index in [1.807, 2.05) is 0 Å². The molecule has 1 aliphatic heterocycles. The Hall–Kier alpha value is -0.120. The number of ether oxygens (including phenoxy) is 2. The Kier molecular flexibility index (Phi) is 7.06. The molecule has 3 nitrogen and oxygen atoms in total. The van der Waals surface area contributed by atoms with Crippen molar-refractivity contribution in [2.75, 3.05) is 32.9 Å². The summed E-state index contributed by atoms with van der Waals surface area (Å²) in [4.78, 5) is 0. The molecule has 0 aromatic rings. The Morgan fingerprint density at radius 1 is 1.00 bits per heavy atom. The second kappa shape index (κ2) is 8.89. The molecule has 2 rings (SSSR count). The van der Waals surface area contributed by atoms with Crippen molar-refractivity contribution >= 4 is 0 Å². The summed E-state index contributed by atoms with van der Waals surface area (Å²) < 4.78 is 11.4. The molecule has 1 N–H and O–H groups in total. The third kappa shape index (κ3) is 5.68. The quantitative estimate of drug-likeness (QED) is 0.560. The van der Waals surface area contributed by atoms with Gasteiger partial charge in [-0.1, -0.05) is 25.7 Å². The molecule has 18 heavy (non-hydrogen) atoms. The van der Waals surface area contributed by atoms with E-state index in [1.165, 1.54) is 51.4 Å². The van der Waals surface area contributed by atoms with Gasteiger partial charge in [-0.2, -0.15) is 0 Å². The average molecular weight is 255 g/mol. The Morgan fingerprint density at radius 2 is 1.83 bits per heavy atom. The molecule has 0 aromatic carbocycles. The van der Waals surface area contributed by atoms with Gasteiger partial charge in [-0.3, -0.25) is 0 Å². The minimum Gasteiger partial charge on any atom is -0.380 e. The first-order valence-electron chi connectivity index (χ1n) is 7.85. The van der Waals surface area contributed by atoms with E-state index < -0.39 is 0 Å². The van der Waals surface area contributed by atoms with Crippen molar-refractivity contribution in [3.05, 3.63) is 0 Å². The van der Waals surface area contributed by atoms with Gasteiger partial charge in [0, 0.05) is 26.3 Å². The van der Waals surface area contributed by atoms with Crippen molar-refractivity contribution in [3.63, 3.8) is 0 Å². The Bertz CT molecular complexity index is 197. The molecule has 1 atom stereocenters. The van der Waals surface area contributed by atoms with Crippen LogP contribution in [0.2, 0.25) is 0 Å². The maximum Gasteiger partial charge on any atom is 0.0700 e. The van der Waals surface area contributed by atoms with Gasteiger partial charge in [0.05, 0.1) is 12.7 Å². The highest BCUT2D eigenvalue weighted by atomic mass is 16.5. The zero-order valence-electron chi connectivity index (χ0n) is 11.7. The van der Waals surface area contributed by atoms with E-state index in [2.05, 4.69) is 5.32 Å². The fourth-order valence-corrected chi connectivity index (χ4v) is 2.99. The van der Waals surface area contributed by atoms with E-state index in [4.69, 9.17) is 9.47 Å². The molecule has 2 fully saturated rings. The molecule has 1 saturated carbocycles. The molecule has 3 heteroatoms. The molecular formula is C15H29NO2. The molecule has 0 amide bonds. The molecule has 0 spiro atoms. The van der Waals surface area contributed by atoms with Crippen molar-refractivity contribution in [1.29, 1.82) is 0 Å². The highest BCUT2D eigenvalue weighted by Crippen LogP contribution is 2.22. The van der Waals surface area contributed by atoms with Crippen molar-refractivity contribution in [1.82, 2.24) is 5.32 Å². The Morgan fingerprint density at radius 3 is 2.56 bits per heavy atom. The zero-order valence-corrected chi connectivity index (χ0v) is 11.7. The number of rotatable bonds is 7. The van der Waals surface area contributed by atoms with Crippen LogP contribution in [0.5, 0.6) is 0 Å². The van der Waals surface area contributed by atoms with E-state index in [0.717, 1.165) is 38.8 Å². The van der Waals surface area contributed by atoms with Crippen molar-refractivity contribution in [2.24, 2.45) is 5.92 Å². The molecule has 0 aromatic heterocycles. The molecule has 1 unspecified atom stereocenters. The lowest BCUT2D eigenvalue weighted by atomic mass is 10.0. The summed E-state index contributed by atoms with van der Waals surface area (Å²) in [6.07, 6.45) is 11.3. The third-order valence-electron chi connectivity index (χ3n) is 4.15. The summed E-state index contributed by atoms with van der Waals surface area (Å²) in [5, 5.41) is 3.43. The van der Waals surface area contributed by atoms with Crippen LogP contribution in [0, 0.1) is 5.92 Å². The van der Waals surface area contributed by atoms with Crippen molar-refractivity contribution < 1.29 is 9.47 Å². The van der Waals surface area contributed by atoms with Crippen LogP contribution >= 0.6 is 0 Å². The van der Waals surface area contributed by atoms with Crippen LogP contribution in [0.4, 0.5) is 0 Å². The minimum atomic E-state index is 0.451. The number of nitrogens with one attached hydrogen (secondary N) is 1. The summed E-state index contributed by atoms with van der Waals surface area (Å²) >= 11 is 0. The maximum absolute atomic E-state index is 5.79. The van der Waals surface area contributed by atoms with Crippen molar-refractivity contribution in [2.45, 2.75) is 57.5 Å². The van der Waals surface area contributed by atoms with E-state index in [0.29, 0.717) is 6.10 Å². The second-order valence-corrected chi connectivity index (χ2v) is 5.77. The SMILES string of the molecule is C1CCCC(COCCNCC2CCCO2)CC1. The smallest absolute Gasteiger partial charge is 0.0700 e. The lowest BCUT2D eigenvalue weighted by Crippen LogP contribution is -2.29. The predicted octanol–water partition coefficient (Wildman–Crippen LogP) is 2.74. The van der Waals surface area contributed by atoms with E-state index in [1.54, 1.807) is 0 Å². The highest BCUT2D eigenvalue weighted by molar-refractivity contribution is 4.67. The van der Waals surface area contributed by atoms with Crippen LogP contribution in [0.1, 0.15) is 51.4 Å². The normalized spacial score (nSPS) is 26.3. The molecule has 0 radical (unpaired) electrons. The van der Waals surface area contributed by atoms with Gasteiger partial charge in [0.2, 0.25) is 0 Å². The molecule has 2 aliphatic rings. The zero-order chi connectivity index (χ0) is 12.5. The first-order chi connectivity index (χ1) is 8.95. The van der Waals surface area contributed by atoms with E-state index in [-0.39, 0.29) is 0 Å². The largest absolute Gasteiger partial charge is 0.380 e. The van der Waals surface area contributed by atoms with Crippen LogP contribution in [-0.4, -0.2) is 39.0 Å². The van der Waals surface area contributed by atoms with Gasteiger partial charge in [0.15, 0.2) is 0 Å². The summed E-state index contributed by atoms with van der Waals surface area (Å²) in [6.45, 7) is 4.73. The first kappa shape index (κ1) is 14.3. The van der Waals surface area contributed by atoms with Crippen LogP contribution in [0.15, 0.2) is 0 Å². The van der Waals surface area contributed by atoms with Gasteiger partial charge in [-0.05, 0) is 31.6 Å². The molecule has 106 valence electrons. The van der Waals surface area contributed by atoms with Crippen LogP contribution in [-0.2, 0) is 9.47 Å². The molecule has 1 saturated heterocycles. The summed E-state index contributed by atoms with van der Waals surface area (Å²) in [5.41, 5.74) is 0. The lowest BCUT2D eigenvalue weighted by Gasteiger charge is -2.15. The summed E-state index contributed by atoms with van der Waals surface area (Å²) in [7, 11) is 0. The van der Waals surface area contributed by atoms with E-state index in [9.17, 15) is 0 Å². The average Bonchev–Trinajstić information content (AvgIpc) is 2.76. The standard InChI is InChI=1S/C15H29NO2/c1-2-4-7-14(6-3-1)13-17-11-9-16-12-15-8-5-10-18-15/h14-16H,1-13H2. The Balaban J connectivity index is 1.40. The predicted molar refractivity (Wildman–Crippen MR) is 73.9 cm³/mol. The van der Waals surface area contributed by atoms with E-state index >= 15 is 0 Å². The Labute approximate surface area is 112 Å². The monoisotopic (exact) mass is 255 g/mol. The minimum absolute atomic E-state index is 0.451. The summed E-state index contributed by atoms with van der Waals surface area (Å²) in [6, 6.07) is 0. The fraction of sp³-hybridized carbons (Fsp3) is 1.00. The first-order valence-corrected chi connectivity index (χ1v) is 7.85. The van der Waals surface area contributed by atoms with Crippen molar-refractivity contribution in [3.8, 4) is 0 Å². The van der Waals surface area contributed by atoms with Crippen LogP contribution in [0.25, 0.3) is 0 Å². The molecule has 1 aliphatic carbocycles. The highest BCUT2D eigenvalue weighted by Gasteiger charge is 2.14. The molecule has 0 bridgehead atoms. The van der Waals surface area contributed by atoms with Gasteiger partial charge in [-0.25, -0.2) is 0 Å². The number of hydrogen-bond acceptors (Lipinski definition) is 3. The third-order valence-corrected chi connectivity index (χ3v) is 4.15. The fourth-order valence-electron chi connectivity index (χ4n) is 2.99. The topological polar surface area (TPSA) is 30.5 Å². The molecular weight excluding hydrogens is 226 g/mol. The van der Waals surface area contributed by atoms with Gasteiger partial charge in [-0.15, -0.1) is 0 Å². The molecule has 1 heterocycles. The maximum atomic E-state index is 5.79. The summed E-state index contributed by atoms with van der Waals surface area (Å²) in [5.74, 6) is 0.825. The van der Waals surface area contributed by atoms with Crippen LogP contribution in [0.3, 0.4) is 0 Å². The lowest BCUT2D eigenvalue weighted by molar-refractivity contribution is 0.0863.